The van der Waals surface area contributed by atoms with Gasteiger partial charge in [-0.1, -0.05) is 0 Å². The number of halogens is 1. The molecule has 1 rings (SSSR count). The molecule has 0 atom stereocenters. The van der Waals surface area contributed by atoms with Gasteiger partial charge in [0.25, 0.3) is 0 Å². The van der Waals surface area contributed by atoms with Gasteiger partial charge in [-0.05, 0) is 23.0 Å². The van der Waals surface area contributed by atoms with E-state index in [4.69, 9.17) is 0 Å². The van der Waals surface area contributed by atoms with Crippen molar-refractivity contribution in [3.8, 4) is 0 Å². The fraction of sp³-hybridized carbons (Fsp3) is 0.375. The third kappa shape index (κ3) is 3.89. The van der Waals surface area contributed by atoms with E-state index in [1.165, 1.54) is 13.2 Å². The van der Waals surface area contributed by atoms with Gasteiger partial charge in [-0.2, -0.15) is 0 Å². The van der Waals surface area contributed by atoms with E-state index in [9.17, 15) is 18.5 Å². The van der Waals surface area contributed by atoms with Crippen molar-refractivity contribution in [1.82, 2.24) is 9.71 Å². The van der Waals surface area contributed by atoms with Crippen molar-refractivity contribution in [3.63, 3.8) is 0 Å². The van der Waals surface area contributed by atoms with Crippen LogP contribution < -0.4 is 10.0 Å². The molecule has 0 fully saturated rings. The van der Waals surface area contributed by atoms with E-state index in [0.29, 0.717) is 4.47 Å². The van der Waals surface area contributed by atoms with Crippen molar-refractivity contribution >= 4 is 37.3 Å². The average Bonchev–Trinajstić information content (AvgIpc) is 2.30. The molecule has 1 aromatic rings. The number of nitrogens with one attached hydrogen (secondary N) is 2. The zero-order valence-corrected chi connectivity index (χ0v) is 11.8. The van der Waals surface area contributed by atoms with Gasteiger partial charge in [0.2, 0.25) is 10.0 Å². The minimum Gasteiger partial charge on any atom is -0.377 e. The molecule has 8 nitrogen and oxygen atoms in total. The highest BCUT2D eigenvalue weighted by Gasteiger charge is 2.17. The molecule has 0 spiro atoms. The Balaban J connectivity index is 2.82. The maximum absolute atomic E-state index is 11.2. The van der Waals surface area contributed by atoms with Crippen molar-refractivity contribution in [2.24, 2.45) is 0 Å². The monoisotopic (exact) mass is 338 g/mol. The van der Waals surface area contributed by atoms with Crippen LogP contribution >= 0.6 is 15.9 Å². The number of nitro groups is 1. The quantitative estimate of drug-likeness (QED) is 0.583. The molecule has 0 saturated carbocycles. The smallest absolute Gasteiger partial charge is 0.311 e. The van der Waals surface area contributed by atoms with Gasteiger partial charge in [0, 0.05) is 12.7 Å². The van der Waals surface area contributed by atoms with Crippen LogP contribution in [0.15, 0.2) is 16.9 Å². The SMILES string of the molecule is CNS(=O)(=O)CCNc1c(Br)cncc1[N+](=O)[O-]. The first-order valence-corrected chi connectivity index (χ1v) is 7.25. The highest BCUT2D eigenvalue weighted by Crippen LogP contribution is 2.30. The van der Waals surface area contributed by atoms with Crippen LogP contribution in [0.3, 0.4) is 0 Å². The van der Waals surface area contributed by atoms with Gasteiger partial charge >= 0.3 is 5.69 Å². The molecule has 2 N–H and O–H groups in total. The second-order valence-corrected chi connectivity index (χ2v) is 6.12. The molecule has 0 aliphatic carbocycles. The van der Waals surface area contributed by atoms with Crippen LogP contribution in [-0.2, 0) is 10.0 Å². The van der Waals surface area contributed by atoms with Crippen molar-refractivity contribution < 1.29 is 13.3 Å². The van der Waals surface area contributed by atoms with Crippen molar-refractivity contribution in [3.05, 3.63) is 27.0 Å². The van der Waals surface area contributed by atoms with Gasteiger partial charge in [0.15, 0.2) is 0 Å². The first-order valence-electron chi connectivity index (χ1n) is 4.80. The Morgan fingerprint density at radius 1 is 1.50 bits per heavy atom. The lowest BCUT2D eigenvalue weighted by Crippen LogP contribution is -2.26. The van der Waals surface area contributed by atoms with Crippen LogP contribution in [0, 0.1) is 10.1 Å². The topological polar surface area (TPSA) is 114 Å². The number of sulfonamides is 1. The van der Waals surface area contributed by atoms with Crippen LogP contribution in [0.4, 0.5) is 11.4 Å². The van der Waals surface area contributed by atoms with Gasteiger partial charge in [0.05, 0.1) is 15.1 Å². The van der Waals surface area contributed by atoms with E-state index in [1.54, 1.807) is 0 Å². The molecule has 0 aliphatic rings. The number of nitrogens with zero attached hydrogens (tertiary/aromatic N) is 2. The summed E-state index contributed by atoms with van der Waals surface area (Å²) >= 11 is 3.12. The maximum atomic E-state index is 11.2. The number of rotatable bonds is 6. The predicted molar refractivity (Wildman–Crippen MR) is 69.9 cm³/mol. The van der Waals surface area contributed by atoms with Crippen LogP contribution in [-0.4, -0.2) is 37.7 Å². The summed E-state index contributed by atoms with van der Waals surface area (Å²) in [4.78, 5) is 13.9. The molecule has 0 unspecified atom stereocenters. The lowest BCUT2D eigenvalue weighted by Gasteiger charge is -2.08. The zero-order valence-electron chi connectivity index (χ0n) is 9.38. The molecule has 100 valence electrons. The summed E-state index contributed by atoms with van der Waals surface area (Å²) in [6.07, 6.45) is 2.49. The molecule has 0 bridgehead atoms. The first-order chi connectivity index (χ1) is 8.37. The van der Waals surface area contributed by atoms with Crippen molar-refractivity contribution in [1.29, 1.82) is 0 Å². The molecule has 10 heteroatoms. The molecule has 0 aliphatic heterocycles. The number of anilines is 1. The lowest BCUT2D eigenvalue weighted by atomic mass is 10.3. The first kappa shape index (κ1) is 14.8. The van der Waals surface area contributed by atoms with Gasteiger partial charge in [-0.15, -0.1) is 0 Å². The Morgan fingerprint density at radius 2 is 2.17 bits per heavy atom. The molecule has 18 heavy (non-hydrogen) atoms. The summed E-state index contributed by atoms with van der Waals surface area (Å²) < 4.78 is 24.9. The summed E-state index contributed by atoms with van der Waals surface area (Å²) in [6, 6.07) is 0. The van der Waals surface area contributed by atoms with Crippen LogP contribution in [0.1, 0.15) is 0 Å². The summed E-state index contributed by atoms with van der Waals surface area (Å²) in [6.45, 7) is 0.0482. The Labute approximate surface area is 112 Å². The molecule has 0 aromatic carbocycles. The van der Waals surface area contributed by atoms with Crippen LogP contribution in [0.5, 0.6) is 0 Å². The molecular formula is C8H11BrN4O4S. The van der Waals surface area contributed by atoms with Gasteiger partial charge in [-0.25, -0.2) is 13.1 Å². The number of hydrogen-bond donors (Lipinski definition) is 2. The van der Waals surface area contributed by atoms with Crippen LogP contribution in [0.2, 0.25) is 0 Å². The highest BCUT2D eigenvalue weighted by molar-refractivity contribution is 9.10. The Morgan fingerprint density at radius 3 is 2.72 bits per heavy atom. The summed E-state index contributed by atoms with van der Waals surface area (Å²) in [7, 11) is -2.04. The highest BCUT2D eigenvalue weighted by atomic mass is 79.9. The summed E-state index contributed by atoms with van der Waals surface area (Å²) in [5, 5.41) is 13.5. The number of aromatic nitrogens is 1. The van der Waals surface area contributed by atoms with Crippen molar-refractivity contribution in [2.45, 2.75) is 0 Å². The molecule has 0 radical (unpaired) electrons. The van der Waals surface area contributed by atoms with Gasteiger partial charge in [-0.3, -0.25) is 15.1 Å². The second kappa shape index (κ2) is 6.07. The normalized spacial score (nSPS) is 11.2. The number of pyridine rings is 1. The maximum Gasteiger partial charge on any atom is 0.311 e. The van der Waals surface area contributed by atoms with E-state index < -0.39 is 14.9 Å². The standard InChI is InChI=1S/C8H11BrN4O4S/c1-10-18(16,17)3-2-12-8-6(9)4-11-5-7(8)13(14)15/h4-5,10H,2-3H2,1H3,(H,11,12). The van der Waals surface area contributed by atoms with E-state index in [-0.39, 0.29) is 23.7 Å². The fourth-order valence-corrected chi connectivity index (χ4v) is 2.19. The van der Waals surface area contributed by atoms with E-state index in [0.717, 1.165) is 6.20 Å². The Bertz CT molecular complexity index is 548. The van der Waals surface area contributed by atoms with Gasteiger partial charge < -0.3 is 5.32 Å². The summed E-state index contributed by atoms with van der Waals surface area (Å²) in [5.74, 6) is -0.185. The van der Waals surface area contributed by atoms with E-state index in [2.05, 4.69) is 31.0 Å². The van der Waals surface area contributed by atoms with Gasteiger partial charge in [0.1, 0.15) is 11.9 Å². The third-order valence-corrected chi connectivity index (χ3v) is 4.02. The predicted octanol–water partition coefficient (Wildman–Crippen LogP) is 0.713. The molecule has 1 aromatic heterocycles. The van der Waals surface area contributed by atoms with Crippen LogP contribution in [0.25, 0.3) is 0 Å². The summed E-state index contributed by atoms with van der Waals surface area (Å²) in [5.41, 5.74) is -0.00691. The largest absolute Gasteiger partial charge is 0.377 e. The number of hydrogen-bond acceptors (Lipinski definition) is 6. The molecule has 0 amide bonds. The van der Waals surface area contributed by atoms with Crippen molar-refractivity contribution in [2.75, 3.05) is 24.7 Å². The average molecular weight is 339 g/mol. The van der Waals surface area contributed by atoms with E-state index >= 15 is 0 Å². The minimum absolute atomic E-state index is 0.0482. The molecule has 1 heterocycles. The fourth-order valence-electron chi connectivity index (χ4n) is 1.15. The third-order valence-electron chi connectivity index (χ3n) is 2.06. The Hall–Kier alpha value is -1.26. The lowest BCUT2D eigenvalue weighted by molar-refractivity contribution is -0.384. The van der Waals surface area contributed by atoms with E-state index in [1.807, 2.05) is 0 Å². The minimum atomic E-state index is -3.35. The molecular weight excluding hydrogens is 328 g/mol. The Kier molecular flexibility index (Phi) is 4.99. The second-order valence-electron chi connectivity index (χ2n) is 3.22. The molecule has 0 saturated heterocycles. The zero-order chi connectivity index (χ0) is 13.8.